The van der Waals surface area contributed by atoms with Crippen LogP contribution in [0.4, 0.5) is 10.2 Å². The van der Waals surface area contributed by atoms with Crippen LogP contribution in [0.1, 0.15) is 31.5 Å². The van der Waals surface area contributed by atoms with Gasteiger partial charge in [-0.1, -0.05) is 46.3 Å². The number of rotatable bonds is 6. The molecule has 1 amide bonds. The third-order valence-corrected chi connectivity index (χ3v) is 6.48. The van der Waals surface area contributed by atoms with Gasteiger partial charge in [-0.2, -0.15) is 5.10 Å². The van der Waals surface area contributed by atoms with Gasteiger partial charge in [0.25, 0.3) is 5.91 Å². The lowest BCUT2D eigenvalue weighted by Gasteiger charge is -2.10. The number of aryl methyl sites for hydroxylation is 1. The number of aromatic nitrogens is 3. The Hall–Kier alpha value is -2.84. The van der Waals surface area contributed by atoms with Gasteiger partial charge in [0.15, 0.2) is 0 Å². The summed E-state index contributed by atoms with van der Waals surface area (Å²) in [7, 11) is 0. The maximum atomic E-state index is 13.1. The molecule has 4 aromatic rings. The number of carbonyl (C=O) groups is 1. The Balaban J connectivity index is 1.48. The summed E-state index contributed by atoms with van der Waals surface area (Å²) in [5.74, 6) is 0.126. The first-order valence-electron chi connectivity index (χ1n) is 9.27. The molecular weight excluding hydrogens is 467 g/mol. The lowest BCUT2D eigenvalue weighted by molar-refractivity contribution is 0.102. The molecule has 8 heteroatoms. The monoisotopic (exact) mass is 484 g/mol. The zero-order valence-corrected chi connectivity index (χ0v) is 18.5. The predicted octanol–water partition coefficient (Wildman–Crippen LogP) is 5.44. The number of benzene rings is 2. The summed E-state index contributed by atoms with van der Waals surface area (Å²) < 4.78 is 15.8. The van der Waals surface area contributed by atoms with Gasteiger partial charge in [-0.15, -0.1) is 11.3 Å². The lowest BCUT2D eigenvalue weighted by atomic mass is 10.1. The Morgan fingerprint density at radius 1 is 1.17 bits per heavy atom. The van der Waals surface area contributed by atoms with Crippen molar-refractivity contribution in [3.63, 3.8) is 0 Å². The zero-order chi connectivity index (χ0) is 21.1. The first-order chi connectivity index (χ1) is 14.5. The topological polar surface area (TPSA) is 59.8 Å². The number of nitrogens with one attached hydrogen (secondary N) is 1. The van der Waals surface area contributed by atoms with Gasteiger partial charge in [0.2, 0.25) is 0 Å². The predicted molar refractivity (Wildman–Crippen MR) is 119 cm³/mol. The summed E-state index contributed by atoms with van der Waals surface area (Å²) in [6, 6.07) is 16.0. The molecule has 0 aliphatic heterocycles. The molecule has 0 fully saturated rings. The first kappa shape index (κ1) is 20.4. The number of hydrogen-bond acceptors (Lipinski definition) is 4. The summed E-state index contributed by atoms with van der Waals surface area (Å²) in [5.41, 5.74) is 2.68. The molecule has 30 heavy (non-hydrogen) atoms. The van der Waals surface area contributed by atoms with Gasteiger partial charge < -0.3 is 5.32 Å². The summed E-state index contributed by atoms with van der Waals surface area (Å²) in [5, 5.41) is 8.08. The molecule has 5 nitrogen and oxygen atoms in total. The van der Waals surface area contributed by atoms with E-state index in [2.05, 4.69) is 31.3 Å². The van der Waals surface area contributed by atoms with Crippen molar-refractivity contribution < 1.29 is 9.18 Å². The maximum absolute atomic E-state index is 13.1. The summed E-state index contributed by atoms with van der Waals surface area (Å²) in [4.78, 5) is 17.9. The molecule has 2 aromatic heterocycles. The van der Waals surface area contributed by atoms with Crippen LogP contribution in [0.2, 0.25) is 0 Å². The number of halogens is 2. The third-order valence-electron chi connectivity index (χ3n) is 4.55. The van der Waals surface area contributed by atoms with Crippen LogP contribution in [0, 0.1) is 12.7 Å². The average molecular weight is 485 g/mol. The largest absolute Gasteiger partial charge is 0.306 e. The second-order valence-electron chi connectivity index (χ2n) is 6.75. The van der Waals surface area contributed by atoms with E-state index in [1.165, 1.54) is 23.5 Å². The van der Waals surface area contributed by atoms with Gasteiger partial charge in [-0.05, 0) is 36.2 Å². The van der Waals surface area contributed by atoms with Crippen molar-refractivity contribution in [3.8, 4) is 0 Å². The molecule has 0 saturated heterocycles. The first-order valence-corrected chi connectivity index (χ1v) is 10.9. The van der Waals surface area contributed by atoms with Crippen molar-refractivity contribution in [1.29, 1.82) is 0 Å². The molecular formula is C22H18BrFN4OS. The van der Waals surface area contributed by atoms with E-state index in [1.54, 1.807) is 29.1 Å². The van der Waals surface area contributed by atoms with E-state index < -0.39 is 0 Å². The minimum atomic E-state index is -0.270. The number of nitrogens with zero attached hydrogens (tertiary/aromatic N) is 3. The fourth-order valence-corrected chi connectivity index (χ4v) is 4.45. The van der Waals surface area contributed by atoms with Crippen molar-refractivity contribution in [3.05, 3.63) is 97.8 Å². The number of thiazole rings is 1. The van der Waals surface area contributed by atoms with E-state index in [-0.39, 0.29) is 11.7 Å². The minimum Gasteiger partial charge on any atom is -0.306 e. The molecule has 2 heterocycles. The van der Waals surface area contributed by atoms with E-state index in [4.69, 9.17) is 0 Å². The molecule has 0 unspecified atom stereocenters. The number of amides is 1. The van der Waals surface area contributed by atoms with Crippen LogP contribution in [0.3, 0.4) is 0 Å². The molecule has 0 aliphatic carbocycles. The number of anilines is 1. The molecule has 4 rings (SSSR count). The van der Waals surface area contributed by atoms with Crippen LogP contribution in [0.25, 0.3) is 0 Å². The van der Waals surface area contributed by atoms with E-state index in [9.17, 15) is 9.18 Å². The summed E-state index contributed by atoms with van der Waals surface area (Å²) in [6.45, 7) is 2.35. The Morgan fingerprint density at radius 3 is 2.70 bits per heavy atom. The molecule has 0 spiro atoms. The van der Waals surface area contributed by atoms with Crippen molar-refractivity contribution in [2.45, 2.75) is 19.9 Å². The van der Waals surface area contributed by atoms with Crippen LogP contribution in [0.5, 0.6) is 0 Å². The van der Waals surface area contributed by atoms with Gasteiger partial charge >= 0.3 is 0 Å². The summed E-state index contributed by atoms with van der Waals surface area (Å²) >= 11 is 4.89. The number of carbonyl (C=O) groups excluding carboxylic acids is 1. The Morgan fingerprint density at radius 2 is 1.93 bits per heavy atom. The van der Waals surface area contributed by atoms with E-state index >= 15 is 0 Å². The highest BCUT2D eigenvalue weighted by Gasteiger charge is 2.17. The highest BCUT2D eigenvalue weighted by atomic mass is 79.9. The van der Waals surface area contributed by atoms with Crippen molar-refractivity contribution in [1.82, 2.24) is 14.8 Å². The van der Waals surface area contributed by atoms with Crippen LogP contribution < -0.4 is 5.32 Å². The second-order valence-corrected chi connectivity index (χ2v) is 8.68. The van der Waals surface area contributed by atoms with E-state index in [0.29, 0.717) is 29.4 Å². The van der Waals surface area contributed by atoms with Gasteiger partial charge in [-0.25, -0.2) is 14.1 Å². The SMILES string of the molecule is Cc1nc(Cc2ccc(F)cc2)sc1C(=O)Nc1ccnn1Cc1ccccc1Br. The number of hydrogen-bond donors (Lipinski definition) is 1. The molecule has 0 atom stereocenters. The van der Waals surface area contributed by atoms with Crippen LogP contribution in [0.15, 0.2) is 65.3 Å². The maximum Gasteiger partial charge on any atom is 0.268 e. The molecule has 1 N–H and O–H groups in total. The van der Waals surface area contributed by atoms with Gasteiger partial charge in [0.05, 0.1) is 23.4 Å². The Bertz CT molecular complexity index is 1190. The van der Waals surface area contributed by atoms with Crippen molar-refractivity contribution in [2.75, 3.05) is 5.32 Å². The second kappa shape index (κ2) is 8.89. The van der Waals surface area contributed by atoms with Crippen LogP contribution in [-0.4, -0.2) is 20.7 Å². The van der Waals surface area contributed by atoms with Crippen molar-refractivity contribution >= 4 is 39.0 Å². The highest BCUT2D eigenvalue weighted by Crippen LogP contribution is 2.23. The normalized spacial score (nSPS) is 10.9. The third kappa shape index (κ3) is 4.66. The van der Waals surface area contributed by atoms with Gasteiger partial charge in [0.1, 0.15) is 16.5 Å². The van der Waals surface area contributed by atoms with Gasteiger partial charge in [-0.3, -0.25) is 4.79 Å². The standard InChI is InChI=1S/C22H18BrFN4OS/c1-14-21(30-20(26-14)12-15-6-8-17(24)9-7-15)22(29)27-19-10-11-25-28(19)13-16-4-2-3-5-18(16)23/h2-11H,12-13H2,1H3,(H,27,29). The quantitative estimate of drug-likeness (QED) is 0.396. The van der Waals surface area contributed by atoms with Crippen molar-refractivity contribution in [2.24, 2.45) is 0 Å². The molecule has 0 radical (unpaired) electrons. The average Bonchev–Trinajstić information content (AvgIpc) is 3.31. The fraction of sp³-hybridized carbons (Fsp3) is 0.136. The minimum absolute atomic E-state index is 0.218. The lowest BCUT2D eigenvalue weighted by Crippen LogP contribution is -2.16. The fourth-order valence-electron chi connectivity index (χ4n) is 3.04. The molecule has 0 saturated carbocycles. The molecule has 152 valence electrons. The van der Waals surface area contributed by atoms with E-state index in [0.717, 1.165) is 20.6 Å². The summed E-state index contributed by atoms with van der Waals surface area (Å²) in [6.07, 6.45) is 2.21. The smallest absolute Gasteiger partial charge is 0.268 e. The van der Waals surface area contributed by atoms with E-state index in [1.807, 2.05) is 31.2 Å². The molecule has 0 bridgehead atoms. The highest BCUT2D eigenvalue weighted by molar-refractivity contribution is 9.10. The molecule has 2 aromatic carbocycles. The zero-order valence-electron chi connectivity index (χ0n) is 16.1. The Kier molecular flexibility index (Phi) is 6.06. The van der Waals surface area contributed by atoms with Crippen LogP contribution >= 0.6 is 27.3 Å². The Labute approximate surface area is 185 Å². The van der Waals surface area contributed by atoms with Crippen LogP contribution in [-0.2, 0) is 13.0 Å². The molecule has 0 aliphatic rings. The van der Waals surface area contributed by atoms with Gasteiger partial charge in [0, 0.05) is 17.0 Å².